The van der Waals surface area contributed by atoms with Crippen LogP contribution in [0.5, 0.6) is 5.75 Å². The Labute approximate surface area is 113 Å². The van der Waals surface area contributed by atoms with Gasteiger partial charge in [-0.05, 0) is 24.6 Å². The molecule has 1 aromatic carbocycles. The van der Waals surface area contributed by atoms with Gasteiger partial charge < -0.3 is 15.4 Å². The highest BCUT2D eigenvalue weighted by molar-refractivity contribution is 5.95. The number of carbonyl (C=O) groups excluding carboxylic acids is 2. The van der Waals surface area contributed by atoms with Crippen LogP contribution in [0.4, 0.5) is 11.4 Å². The molecule has 0 unspecified atom stereocenters. The van der Waals surface area contributed by atoms with E-state index in [0.717, 1.165) is 6.42 Å². The molecule has 5 heteroatoms. The van der Waals surface area contributed by atoms with Crippen LogP contribution in [0.2, 0.25) is 0 Å². The molecule has 0 saturated heterocycles. The van der Waals surface area contributed by atoms with Gasteiger partial charge in [0.25, 0.3) is 0 Å². The molecule has 2 amide bonds. The molecule has 0 bridgehead atoms. The van der Waals surface area contributed by atoms with Crippen LogP contribution in [0.25, 0.3) is 0 Å². The molecule has 1 atom stereocenters. The zero-order valence-corrected chi connectivity index (χ0v) is 11.7. The lowest BCUT2D eigenvalue weighted by atomic mass is 10.1. The minimum Gasteiger partial charge on any atom is -0.495 e. The van der Waals surface area contributed by atoms with Crippen molar-refractivity contribution in [2.24, 2.45) is 5.92 Å². The normalized spacial score (nSPS) is 11.6. The van der Waals surface area contributed by atoms with E-state index in [1.165, 1.54) is 14.0 Å². The summed E-state index contributed by atoms with van der Waals surface area (Å²) in [5, 5.41) is 5.48. The van der Waals surface area contributed by atoms with Crippen LogP contribution in [0.15, 0.2) is 18.2 Å². The summed E-state index contributed by atoms with van der Waals surface area (Å²) in [7, 11) is 1.53. The topological polar surface area (TPSA) is 67.4 Å². The first-order valence-corrected chi connectivity index (χ1v) is 6.24. The Morgan fingerprint density at radius 1 is 1.32 bits per heavy atom. The van der Waals surface area contributed by atoms with E-state index in [4.69, 9.17) is 4.74 Å². The van der Waals surface area contributed by atoms with Crippen LogP contribution in [0.1, 0.15) is 27.2 Å². The highest BCUT2D eigenvalue weighted by Gasteiger charge is 2.13. The van der Waals surface area contributed by atoms with Crippen LogP contribution in [-0.2, 0) is 9.59 Å². The second-order valence-corrected chi connectivity index (χ2v) is 4.39. The van der Waals surface area contributed by atoms with Crippen molar-refractivity contribution < 1.29 is 14.3 Å². The van der Waals surface area contributed by atoms with Gasteiger partial charge in [-0.2, -0.15) is 0 Å². The smallest absolute Gasteiger partial charge is 0.227 e. The van der Waals surface area contributed by atoms with Crippen molar-refractivity contribution in [2.45, 2.75) is 27.2 Å². The van der Waals surface area contributed by atoms with E-state index in [0.29, 0.717) is 17.1 Å². The number of carbonyl (C=O) groups is 2. The van der Waals surface area contributed by atoms with Crippen LogP contribution in [0, 0.1) is 5.92 Å². The van der Waals surface area contributed by atoms with Gasteiger partial charge in [0.15, 0.2) is 0 Å². The Balaban J connectivity index is 2.95. The van der Waals surface area contributed by atoms with E-state index >= 15 is 0 Å². The lowest BCUT2D eigenvalue weighted by molar-refractivity contribution is -0.119. The van der Waals surface area contributed by atoms with Gasteiger partial charge in [-0.15, -0.1) is 0 Å². The van der Waals surface area contributed by atoms with Crippen molar-refractivity contribution in [3.05, 3.63) is 18.2 Å². The van der Waals surface area contributed by atoms with E-state index in [1.807, 2.05) is 13.8 Å². The van der Waals surface area contributed by atoms with Gasteiger partial charge in [0.05, 0.1) is 12.8 Å². The second kappa shape index (κ2) is 6.78. The first kappa shape index (κ1) is 15.0. The summed E-state index contributed by atoms with van der Waals surface area (Å²) in [5.41, 5.74) is 1.17. The van der Waals surface area contributed by atoms with E-state index in [1.54, 1.807) is 18.2 Å². The largest absolute Gasteiger partial charge is 0.495 e. The fourth-order valence-corrected chi connectivity index (χ4v) is 1.53. The average Bonchev–Trinajstić information content (AvgIpc) is 2.37. The third-order valence-corrected chi connectivity index (χ3v) is 2.84. The molecule has 0 aliphatic heterocycles. The molecule has 0 aliphatic rings. The number of methoxy groups -OCH3 is 1. The van der Waals surface area contributed by atoms with Gasteiger partial charge in [0.1, 0.15) is 5.75 Å². The summed E-state index contributed by atoms with van der Waals surface area (Å²) in [6, 6.07) is 5.11. The zero-order valence-electron chi connectivity index (χ0n) is 11.7. The van der Waals surface area contributed by atoms with Gasteiger partial charge in [-0.25, -0.2) is 0 Å². The Morgan fingerprint density at radius 2 is 2.00 bits per heavy atom. The van der Waals surface area contributed by atoms with Gasteiger partial charge in [0.2, 0.25) is 11.8 Å². The number of amides is 2. The lowest BCUT2D eigenvalue weighted by Crippen LogP contribution is -2.20. The molecule has 19 heavy (non-hydrogen) atoms. The number of nitrogens with one attached hydrogen (secondary N) is 2. The van der Waals surface area contributed by atoms with E-state index in [-0.39, 0.29) is 17.7 Å². The predicted molar refractivity (Wildman–Crippen MR) is 75.4 cm³/mol. The van der Waals surface area contributed by atoms with Crippen LogP contribution in [-0.4, -0.2) is 18.9 Å². The highest BCUT2D eigenvalue weighted by Crippen LogP contribution is 2.28. The summed E-state index contributed by atoms with van der Waals surface area (Å²) in [6.07, 6.45) is 0.763. The van der Waals surface area contributed by atoms with Crippen molar-refractivity contribution in [2.75, 3.05) is 17.7 Å². The fraction of sp³-hybridized carbons (Fsp3) is 0.429. The number of ether oxygens (including phenoxy) is 1. The molecule has 0 aromatic heterocycles. The van der Waals surface area contributed by atoms with Crippen LogP contribution in [0.3, 0.4) is 0 Å². The van der Waals surface area contributed by atoms with Gasteiger partial charge >= 0.3 is 0 Å². The van der Waals surface area contributed by atoms with Crippen molar-refractivity contribution in [3.8, 4) is 5.75 Å². The molecule has 0 saturated carbocycles. The van der Waals surface area contributed by atoms with Gasteiger partial charge in [0, 0.05) is 18.5 Å². The number of benzene rings is 1. The third kappa shape index (κ3) is 4.28. The van der Waals surface area contributed by atoms with Crippen molar-refractivity contribution in [1.29, 1.82) is 0 Å². The number of hydrogen-bond acceptors (Lipinski definition) is 3. The highest BCUT2D eigenvalue weighted by atomic mass is 16.5. The number of anilines is 2. The number of rotatable bonds is 5. The average molecular weight is 264 g/mol. The van der Waals surface area contributed by atoms with Gasteiger partial charge in [-0.3, -0.25) is 9.59 Å². The SMILES string of the molecule is CC[C@@H](C)C(=O)Nc1cc(NC(C)=O)ccc1OC. The summed E-state index contributed by atoms with van der Waals surface area (Å²) < 4.78 is 5.19. The number of hydrogen-bond donors (Lipinski definition) is 2. The van der Waals surface area contributed by atoms with Crippen LogP contribution >= 0.6 is 0 Å². The Morgan fingerprint density at radius 3 is 2.53 bits per heavy atom. The molecule has 2 N–H and O–H groups in total. The summed E-state index contributed by atoms with van der Waals surface area (Å²) >= 11 is 0. The molecule has 104 valence electrons. The third-order valence-electron chi connectivity index (χ3n) is 2.84. The minimum absolute atomic E-state index is 0.0687. The Kier molecular flexibility index (Phi) is 5.36. The zero-order chi connectivity index (χ0) is 14.4. The first-order chi connectivity index (χ1) is 8.97. The molecule has 0 fully saturated rings. The lowest BCUT2D eigenvalue weighted by Gasteiger charge is -2.14. The molecule has 1 aromatic rings. The monoisotopic (exact) mass is 264 g/mol. The standard InChI is InChI=1S/C14H20N2O3/c1-5-9(2)14(18)16-12-8-11(15-10(3)17)6-7-13(12)19-4/h6-9H,5H2,1-4H3,(H,15,17)(H,16,18)/t9-/m1/s1. The minimum atomic E-state index is -0.163. The van der Waals surface area contributed by atoms with E-state index in [2.05, 4.69) is 10.6 Å². The van der Waals surface area contributed by atoms with Crippen molar-refractivity contribution in [3.63, 3.8) is 0 Å². The van der Waals surface area contributed by atoms with Crippen molar-refractivity contribution >= 4 is 23.2 Å². The van der Waals surface area contributed by atoms with Crippen LogP contribution < -0.4 is 15.4 Å². The second-order valence-electron chi connectivity index (χ2n) is 4.39. The Hall–Kier alpha value is -2.04. The molecule has 0 radical (unpaired) electrons. The maximum Gasteiger partial charge on any atom is 0.227 e. The molecular weight excluding hydrogens is 244 g/mol. The molecule has 0 aliphatic carbocycles. The summed E-state index contributed by atoms with van der Waals surface area (Å²) in [4.78, 5) is 22.9. The molecular formula is C14H20N2O3. The maximum absolute atomic E-state index is 11.9. The summed E-state index contributed by atoms with van der Waals surface area (Å²) in [6.45, 7) is 5.25. The predicted octanol–water partition coefficient (Wildman–Crippen LogP) is 2.64. The molecule has 1 rings (SSSR count). The Bertz CT molecular complexity index is 472. The summed E-state index contributed by atoms with van der Waals surface area (Å²) in [5.74, 6) is 0.255. The molecule has 0 spiro atoms. The van der Waals surface area contributed by atoms with E-state index < -0.39 is 0 Å². The fourth-order valence-electron chi connectivity index (χ4n) is 1.53. The first-order valence-electron chi connectivity index (χ1n) is 6.24. The molecule has 5 nitrogen and oxygen atoms in total. The maximum atomic E-state index is 11.9. The molecule has 0 heterocycles. The quantitative estimate of drug-likeness (QED) is 0.859. The van der Waals surface area contributed by atoms with Crippen molar-refractivity contribution in [1.82, 2.24) is 0 Å². The van der Waals surface area contributed by atoms with Gasteiger partial charge in [-0.1, -0.05) is 13.8 Å². The van der Waals surface area contributed by atoms with E-state index in [9.17, 15) is 9.59 Å².